The molecule has 0 bridgehead atoms. The van der Waals surface area contributed by atoms with E-state index < -0.39 is 17.9 Å². The van der Waals surface area contributed by atoms with Crippen LogP contribution in [0.25, 0.3) is 6.08 Å². The van der Waals surface area contributed by atoms with E-state index in [2.05, 4.69) is 5.32 Å². The van der Waals surface area contributed by atoms with Gasteiger partial charge in [-0.2, -0.15) is 0 Å². The van der Waals surface area contributed by atoms with E-state index in [0.29, 0.717) is 22.8 Å². The highest BCUT2D eigenvalue weighted by Gasteiger charge is 2.28. The maximum Gasteiger partial charge on any atom is 0.325 e. The summed E-state index contributed by atoms with van der Waals surface area (Å²) in [7, 11) is 1.56. The number of aliphatic carboxylic acids is 1. The zero-order chi connectivity index (χ0) is 21.0. The van der Waals surface area contributed by atoms with Gasteiger partial charge in [0.2, 0.25) is 5.78 Å². The van der Waals surface area contributed by atoms with Gasteiger partial charge < -0.3 is 24.6 Å². The number of rotatable bonds is 7. The van der Waals surface area contributed by atoms with Crippen molar-refractivity contribution in [1.29, 1.82) is 0 Å². The number of fused-ring (bicyclic) bond motifs is 1. The number of ether oxygens (including phenoxy) is 3. The number of carbonyl (C=O) groups is 3. The van der Waals surface area contributed by atoms with Crippen molar-refractivity contribution in [3.8, 4) is 17.2 Å². The molecule has 8 nitrogen and oxygen atoms in total. The monoisotopic (exact) mass is 397 g/mol. The molecule has 1 amide bonds. The molecule has 0 radical (unpaired) electrons. The first-order valence-corrected chi connectivity index (χ1v) is 8.74. The van der Waals surface area contributed by atoms with E-state index in [4.69, 9.17) is 19.3 Å². The van der Waals surface area contributed by atoms with E-state index in [1.807, 2.05) is 6.07 Å². The minimum Gasteiger partial charge on any atom is -0.497 e. The van der Waals surface area contributed by atoms with Gasteiger partial charge in [0.05, 0.1) is 12.7 Å². The summed E-state index contributed by atoms with van der Waals surface area (Å²) in [6, 6.07) is 10.8. The predicted molar refractivity (Wildman–Crippen MR) is 103 cm³/mol. The van der Waals surface area contributed by atoms with Gasteiger partial charge in [-0.05, 0) is 42.8 Å². The van der Waals surface area contributed by atoms with E-state index >= 15 is 0 Å². The molecule has 0 saturated heterocycles. The lowest BCUT2D eigenvalue weighted by molar-refractivity contribution is -0.141. The number of Topliss-reactive ketones (excluding diaryl/α,β-unsaturated/α-hetero) is 1. The van der Waals surface area contributed by atoms with Crippen molar-refractivity contribution in [3.63, 3.8) is 0 Å². The lowest BCUT2D eigenvalue weighted by atomic mass is 10.1. The van der Waals surface area contributed by atoms with E-state index in [9.17, 15) is 14.4 Å². The first-order chi connectivity index (χ1) is 13.9. The lowest BCUT2D eigenvalue weighted by Crippen LogP contribution is -2.40. The third-order valence-electron chi connectivity index (χ3n) is 4.15. The molecule has 2 aromatic rings. The zero-order valence-corrected chi connectivity index (χ0v) is 15.8. The first-order valence-electron chi connectivity index (χ1n) is 8.74. The smallest absolute Gasteiger partial charge is 0.325 e. The molecule has 0 spiro atoms. The summed E-state index contributed by atoms with van der Waals surface area (Å²) in [5.74, 6) is -0.512. The number of methoxy groups -OCH3 is 1. The third-order valence-corrected chi connectivity index (χ3v) is 4.15. The highest BCUT2D eigenvalue weighted by atomic mass is 16.5. The van der Waals surface area contributed by atoms with E-state index in [1.54, 1.807) is 43.5 Å². The minimum atomic E-state index is -1.14. The van der Waals surface area contributed by atoms with Gasteiger partial charge in [0.15, 0.2) is 12.4 Å². The summed E-state index contributed by atoms with van der Waals surface area (Å²) in [6.07, 6.45) is 1.62. The number of ketones is 1. The Morgan fingerprint density at radius 1 is 1.21 bits per heavy atom. The summed E-state index contributed by atoms with van der Waals surface area (Å²) in [6.45, 7) is 0.988. The highest BCUT2D eigenvalue weighted by Crippen LogP contribution is 2.35. The number of carbonyl (C=O) groups excluding carboxylic acids is 2. The number of carboxylic acid groups (broad SMARTS) is 1. The van der Waals surface area contributed by atoms with Crippen LogP contribution in [0.4, 0.5) is 0 Å². The van der Waals surface area contributed by atoms with Crippen LogP contribution in [-0.2, 0) is 9.59 Å². The van der Waals surface area contributed by atoms with Gasteiger partial charge in [0.1, 0.15) is 23.3 Å². The lowest BCUT2D eigenvalue weighted by Gasteiger charge is -2.10. The quantitative estimate of drug-likeness (QED) is 0.690. The number of carboxylic acids is 1. The molecule has 2 N–H and O–H groups in total. The number of amides is 1. The van der Waals surface area contributed by atoms with Crippen LogP contribution in [0.5, 0.6) is 17.2 Å². The topological polar surface area (TPSA) is 111 Å². The molecule has 0 saturated carbocycles. The summed E-state index contributed by atoms with van der Waals surface area (Å²) >= 11 is 0. The van der Waals surface area contributed by atoms with Crippen molar-refractivity contribution in [3.05, 3.63) is 59.4 Å². The Balaban J connectivity index is 1.68. The molecule has 29 heavy (non-hydrogen) atoms. The van der Waals surface area contributed by atoms with Gasteiger partial charge in [-0.3, -0.25) is 14.4 Å². The van der Waals surface area contributed by atoms with Crippen LogP contribution < -0.4 is 19.5 Å². The fourth-order valence-electron chi connectivity index (χ4n) is 2.63. The van der Waals surface area contributed by atoms with E-state index in [0.717, 1.165) is 5.56 Å². The molecule has 1 atom stereocenters. The van der Waals surface area contributed by atoms with Crippen LogP contribution in [-0.4, -0.2) is 42.5 Å². The first kappa shape index (κ1) is 19.9. The number of benzene rings is 2. The van der Waals surface area contributed by atoms with Gasteiger partial charge in [-0.15, -0.1) is 0 Å². The second-order valence-corrected chi connectivity index (χ2v) is 6.29. The average molecular weight is 397 g/mol. The average Bonchev–Trinajstić information content (AvgIpc) is 3.01. The number of hydrogen-bond acceptors (Lipinski definition) is 6. The Kier molecular flexibility index (Phi) is 5.82. The molecule has 150 valence electrons. The van der Waals surface area contributed by atoms with Gasteiger partial charge >= 0.3 is 5.97 Å². The Morgan fingerprint density at radius 2 is 2.00 bits per heavy atom. The summed E-state index contributed by atoms with van der Waals surface area (Å²) in [4.78, 5) is 35.0. The maximum absolute atomic E-state index is 12.5. The van der Waals surface area contributed by atoms with Crippen molar-refractivity contribution in [1.82, 2.24) is 5.32 Å². The molecule has 0 aromatic heterocycles. The fourth-order valence-corrected chi connectivity index (χ4v) is 2.63. The minimum absolute atomic E-state index is 0.165. The SMILES string of the molecule is COc1cccc(/C=C2\Oc3cc(OCC(=O)N[C@H](C)C(=O)O)ccc3C2=O)c1. The molecule has 8 heteroatoms. The third kappa shape index (κ3) is 4.73. The van der Waals surface area contributed by atoms with Crippen molar-refractivity contribution in [2.45, 2.75) is 13.0 Å². The molecule has 0 fully saturated rings. The van der Waals surface area contributed by atoms with Crippen LogP contribution >= 0.6 is 0 Å². The Bertz CT molecular complexity index is 996. The molecular formula is C21H19NO7. The molecule has 1 aliphatic heterocycles. The molecular weight excluding hydrogens is 378 g/mol. The van der Waals surface area contributed by atoms with Crippen LogP contribution in [0.15, 0.2) is 48.2 Å². The predicted octanol–water partition coefficient (Wildman–Crippen LogP) is 2.28. The molecule has 0 unspecified atom stereocenters. The molecule has 3 rings (SSSR count). The second-order valence-electron chi connectivity index (χ2n) is 6.29. The molecule has 2 aromatic carbocycles. The van der Waals surface area contributed by atoms with Crippen LogP contribution in [0.3, 0.4) is 0 Å². The molecule has 1 aliphatic rings. The normalized spacial score (nSPS) is 14.7. The molecule has 1 heterocycles. The summed E-state index contributed by atoms with van der Waals surface area (Å²) in [5.41, 5.74) is 1.14. The van der Waals surface area contributed by atoms with Crippen molar-refractivity contribution < 1.29 is 33.7 Å². The fraction of sp³-hybridized carbons (Fsp3) is 0.190. The van der Waals surface area contributed by atoms with Crippen LogP contribution in [0.1, 0.15) is 22.8 Å². The Hall–Kier alpha value is -3.81. The number of nitrogens with one attached hydrogen (secondary N) is 1. The van der Waals surface area contributed by atoms with Gasteiger partial charge in [-0.1, -0.05) is 12.1 Å². The highest BCUT2D eigenvalue weighted by molar-refractivity contribution is 6.14. The van der Waals surface area contributed by atoms with Gasteiger partial charge in [-0.25, -0.2) is 0 Å². The second kappa shape index (κ2) is 8.47. The van der Waals surface area contributed by atoms with Gasteiger partial charge in [0.25, 0.3) is 5.91 Å². The summed E-state index contributed by atoms with van der Waals surface area (Å²) < 4.78 is 16.2. The summed E-state index contributed by atoms with van der Waals surface area (Å²) in [5, 5.41) is 11.1. The van der Waals surface area contributed by atoms with E-state index in [-0.39, 0.29) is 18.1 Å². The Morgan fingerprint density at radius 3 is 2.72 bits per heavy atom. The van der Waals surface area contributed by atoms with Crippen LogP contribution in [0, 0.1) is 0 Å². The largest absolute Gasteiger partial charge is 0.497 e. The van der Waals surface area contributed by atoms with Crippen molar-refractivity contribution in [2.24, 2.45) is 0 Å². The number of allylic oxidation sites excluding steroid dienone is 1. The van der Waals surface area contributed by atoms with Crippen molar-refractivity contribution in [2.75, 3.05) is 13.7 Å². The maximum atomic E-state index is 12.5. The van der Waals surface area contributed by atoms with Crippen LogP contribution in [0.2, 0.25) is 0 Å². The molecule has 0 aliphatic carbocycles. The standard InChI is InChI=1S/C21H19NO7/c1-12(21(25)26)22-19(23)11-28-15-6-7-16-17(10-15)29-18(20(16)24)9-13-4-3-5-14(8-13)27-2/h3-10,12H,11H2,1-2H3,(H,22,23)(H,25,26)/b18-9-/t12-/m1/s1. The zero-order valence-electron chi connectivity index (χ0n) is 15.8. The van der Waals surface area contributed by atoms with Crippen molar-refractivity contribution >= 4 is 23.7 Å². The van der Waals surface area contributed by atoms with E-state index in [1.165, 1.54) is 13.0 Å². The number of hydrogen-bond donors (Lipinski definition) is 2. The Labute approximate surface area is 166 Å². The van der Waals surface area contributed by atoms with Gasteiger partial charge in [0, 0.05) is 6.07 Å².